The first kappa shape index (κ1) is 26.2. The molecule has 1 N–H and O–H groups in total. The number of nitriles is 1. The van der Waals surface area contributed by atoms with Crippen LogP contribution in [0.4, 0.5) is 0 Å². The molecular formula is C30H26ClN5O3. The van der Waals surface area contributed by atoms with Crippen molar-refractivity contribution in [2.45, 2.75) is 33.6 Å². The van der Waals surface area contributed by atoms with Gasteiger partial charge in [0.2, 0.25) is 0 Å². The number of hydrogen-bond donors (Lipinski definition) is 1. The Morgan fingerprint density at radius 1 is 1.08 bits per heavy atom. The minimum absolute atomic E-state index is 0.0481. The first-order valence-electron chi connectivity index (χ1n) is 12.3. The minimum atomic E-state index is -0.391. The van der Waals surface area contributed by atoms with Crippen molar-refractivity contribution in [2.75, 3.05) is 0 Å². The molecule has 0 aliphatic heterocycles. The number of aliphatic hydroxyl groups is 1. The van der Waals surface area contributed by atoms with Gasteiger partial charge >= 0.3 is 0 Å². The van der Waals surface area contributed by atoms with Crippen LogP contribution < -0.4 is 10.3 Å². The van der Waals surface area contributed by atoms with Gasteiger partial charge in [0.1, 0.15) is 29.5 Å². The predicted octanol–water partition coefficient (Wildman–Crippen LogP) is 5.06. The number of ether oxygens (including phenoxy) is 1. The molecule has 0 atom stereocenters. The van der Waals surface area contributed by atoms with Gasteiger partial charge in [-0.15, -0.1) is 0 Å². The number of para-hydroxylation sites is 1. The molecular weight excluding hydrogens is 514 g/mol. The Bertz CT molecular complexity index is 1820. The van der Waals surface area contributed by atoms with Crippen LogP contribution in [0.15, 0.2) is 65.6 Å². The predicted molar refractivity (Wildman–Crippen MR) is 150 cm³/mol. The second-order valence-electron chi connectivity index (χ2n) is 9.32. The number of aromatic nitrogens is 4. The smallest absolute Gasteiger partial charge is 0.268 e. The van der Waals surface area contributed by atoms with E-state index in [2.05, 4.69) is 4.98 Å². The van der Waals surface area contributed by atoms with E-state index in [1.807, 2.05) is 67.9 Å². The molecule has 8 nitrogen and oxygen atoms in total. The lowest BCUT2D eigenvalue weighted by Crippen LogP contribution is -2.23. The van der Waals surface area contributed by atoms with E-state index >= 15 is 0 Å². The SMILES string of the molecule is Cc1cc(Cl)c(COc2cccc3c(-c4ccc(CO)n4C)cc(C)nc23)c(Cn2cccc(C#N)c2=O)n1. The van der Waals surface area contributed by atoms with Gasteiger partial charge in [-0.2, -0.15) is 5.26 Å². The molecule has 0 unspecified atom stereocenters. The Morgan fingerprint density at radius 2 is 1.87 bits per heavy atom. The first-order chi connectivity index (χ1) is 18.8. The summed E-state index contributed by atoms with van der Waals surface area (Å²) in [5.74, 6) is 0.584. The van der Waals surface area contributed by atoms with Gasteiger partial charge in [-0.3, -0.25) is 9.78 Å². The molecule has 0 spiro atoms. The lowest BCUT2D eigenvalue weighted by Gasteiger charge is -2.16. The molecule has 1 aromatic carbocycles. The molecule has 0 saturated heterocycles. The zero-order valence-corrected chi connectivity index (χ0v) is 22.5. The van der Waals surface area contributed by atoms with Crippen LogP contribution in [-0.4, -0.2) is 24.2 Å². The highest BCUT2D eigenvalue weighted by Gasteiger charge is 2.17. The number of aliphatic hydroxyl groups excluding tert-OH is 1. The molecule has 0 aliphatic rings. The van der Waals surface area contributed by atoms with E-state index in [-0.39, 0.29) is 25.3 Å². The highest BCUT2D eigenvalue weighted by molar-refractivity contribution is 6.31. The molecule has 0 fully saturated rings. The molecule has 4 heterocycles. The summed E-state index contributed by atoms with van der Waals surface area (Å²) in [7, 11) is 1.92. The zero-order valence-electron chi connectivity index (χ0n) is 21.8. The largest absolute Gasteiger partial charge is 0.486 e. The Hall–Kier alpha value is -4.45. The second-order valence-corrected chi connectivity index (χ2v) is 9.72. The molecule has 0 radical (unpaired) electrons. The van der Waals surface area contributed by atoms with Crippen molar-refractivity contribution in [3.05, 3.63) is 110 Å². The van der Waals surface area contributed by atoms with Crippen LogP contribution in [0.3, 0.4) is 0 Å². The fraction of sp³-hybridized carbons (Fsp3) is 0.200. The third-order valence-electron chi connectivity index (χ3n) is 6.71. The topological polar surface area (TPSA) is 106 Å². The van der Waals surface area contributed by atoms with E-state index < -0.39 is 5.56 Å². The number of halogens is 1. The molecule has 0 bridgehead atoms. The molecule has 0 amide bonds. The van der Waals surface area contributed by atoms with Crippen LogP contribution in [-0.2, 0) is 26.8 Å². The maximum Gasteiger partial charge on any atom is 0.268 e. The number of rotatable bonds is 7. The van der Waals surface area contributed by atoms with Gasteiger partial charge in [0.15, 0.2) is 0 Å². The van der Waals surface area contributed by atoms with Gasteiger partial charge in [-0.05, 0) is 56.3 Å². The van der Waals surface area contributed by atoms with Crippen molar-refractivity contribution in [3.8, 4) is 23.1 Å². The molecule has 0 aliphatic carbocycles. The Balaban J connectivity index is 1.53. The van der Waals surface area contributed by atoms with E-state index in [1.165, 1.54) is 10.6 Å². The first-order valence-corrected chi connectivity index (χ1v) is 12.7. The summed E-state index contributed by atoms with van der Waals surface area (Å²) in [6.45, 7) is 3.97. The van der Waals surface area contributed by atoms with Crippen LogP contribution in [0.25, 0.3) is 22.2 Å². The van der Waals surface area contributed by atoms with Gasteiger partial charge in [-0.25, -0.2) is 4.98 Å². The van der Waals surface area contributed by atoms with Crippen LogP contribution in [0.1, 0.15) is 33.9 Å². The number of fused-ring (bicyclic) bond motifs is 1. The number of aryl methyl sites for hydroxylation is 2. The van der Waals surface area contributed by atoms with Gasteiger partial charge in [0.25, 0.3) is 5.56 Å². The van der Waals surface area contributed by atoms with Gasteiger partial charge in [-0.1, -0.05) is 23.7 Å². The average Bonchev–Trinajstić information content (AvgIpc) is 3.29. The maximum atomic E-state index is 12.7. The highest BCUT2D eigenvalue weighted by Crippen LogP contribution is 2.34. The molecule has 196 valence electrons. The van der Waals surface area contributed by atoms with E-state index in [4.69, 9.17) is 21.3 Å². The standard InChI is InChI=1S/C30H26ClN5O3/c1-18-12-23(27-10-9-21(16-37)35(27)3)22-7-4-8-28(29(22)34-18)39-17-24-25(31)13-19(2)33-26(24)15-36-11-5-6-20(14-32)30(36)38/h4-13,37H,15-17H2,1-3H3. The van der Waals surface area contributed by atoms with E-state index in [0.29, 0.717) is 33.2 Å². The summed E-state index contributed by atoms with van der Waals surface area (Å²) < 4.78 is 9.72. The van der Waals surface area contributed by atoms with Crippen molar-refractivity contribution in [1.29, 1.82) is 5.26 Å². The van der Waals surface area contributed by atoms with Crippen molar-refractivity contribution in [1.82, 2.24) is 19.1 Å². The maximum absolute atomic E-state index is 12.7. The fourth-order valence-corrected chi connectivity index (χ4v) is 5.04. The highest BCUT2D eigenvalue weighted by atomic mass is 35.5. The Kier molecular flexibility index (Phi) is 7.20. The summed E-state index contributed by atoms with van der Waals surface area (Å²) in [5.41, 5.74) is 5.90. The van der Waals surface area contributed by atoms with Crippen LogP contribution in [0.2, 0.25) is 5.02 Å². The monoisotopic (exact) mass is 539 g/mol. The summed E-state index contributed by atoms with van der Waals surface area (Å²) in [5, 5.41) is 20.3. The van der Waals surface area contributed by atoms with Crippen molar-refractivity contribution >= 4 is 22.5 Å². The Labute approximate surface area is 230 Å². The molecule has 5 rings (SSSR count). The quantitative estimate of drug-likeness (QED) is 0.310. The molecule has 4 aromatic heterocycles. The van der Waals surface area contributed by atoms with Gasteiger partial charge < -0.3 is 19.0 Å². The molecule has 0 saturated carbocycles. The van der Waals surface area contributed by atoms with E-state index in [9.17, 15) is 15.2 Å². The minimum Gasteiger partial charge on any atom is -0.486 e. The Morgan fingerprint density at radius 3 is 2.62 bits per heavy atom. The fourth-order valence-electron chi connectivity index (χ4n) is 4.72. The summed E-state index contributed by atoms with van der Waals surface area (Å²) in [4.78, 5) is 22.1. The van der Waals surface area contributed by atoms with E-state index in [0.717, 1.165) is 28.0 Å². The van der Waals surface area contributed by atoms with Crippen LogP contribution in [0.5, 0.6) is 5.75 Å². The number of hydrogen-bond acceptors (Lipinski definition) is 6. The van der Waals surface area contributed by atoms with Crippen molar-refractivity contribution in [2.24, 2.45) is 7.05 Å². The van der Waals surface area contributed by atoms with Gasteiger partial charge in [0, 0.05) is 52.5 Å². The lowest BCUT2D eigenvalue weighted by atomic mass is 10.0. The third kappa shape index (κ3) is 5.02. The lowest BCUT2D eigenvalue weighted by molar-refractivity contribution is 0.273. The van der Waals surface area contributed by atoms with E-state index in [1.54, 1.807) is 18.3 Å². The van der Waals surface area contributed by atoms with Crippen molar-refractivity contribution < 1.29 is 9.84 Å². The summed E-state index contributed by atoms with van der Waals surface area (Å²) in [6.07, 6.45) is 1.62. The summed E-state index contributed by atoms with van der Waals surface area (Å²) in [6, 6.07) is 18.5. The number of nitrogens with zero attached hydrogens (tertiary/aromatic N) is 5. The third-order valence-corrected chi connectivity index (χ3v) is 7.05. The van der Waals surface area contributed by atoms with Crippen LogP contribution >= 0.6 is 11.6 Å². The van der Waals surface area contributed by atoms with Gasteiger partial charge in [0.05, 0.1) is 23.9 Å². The zero-order chi connectivity index (χ0) is 27.7. The van der Waals surface area contributed by atoms with Crippen LogP contribution in [0, 0.1) is 25.2 Å². The molecule has 39 heavy (non-hydrogen) atoms. The second kappa shape index (κ2) is 10.7. The number of benzene rings is 1. The van der Waals surface area contributed by atoms with Crippen molar-refractivity contribution in [3.63, 3.8) is 0 Å². The number of pyridine rings is 3. The molecule has 5 aromatic rings. The molecule has 9 heteroatoms. The average molecular weight is 540 g/mol. The summed E-state index contributed by atoms with van der Waals surface area (Å²) >= 11 is 6.65. The normalized spacial score (nSPS) is 11.1.